The molecule has 22 heavy (non-hydrogen) atoms. The summed E-state index contributed by atoms with van der Waals surface area (Å²) in [6.45, 7) is 5.54. The topological polar surface area (TPSA) is 61.5 Å². The van der Waals surface area contributed by atoms with Crippen molar-refractivity contribution in [1.82, 2.24) is 20.0 Å². The van der Waals surface area contributed by atoms with Crippen LogP contribution < -0.4 is 0 Å². The largest absolute Gasteiger partial charge is 0.383 e. The lowest BCUT2D eigenvalue weighted by Crippen LogP contribution is -2.37. The minimum Gasteiger partial charge on any atom is -0.383 e. The molecule has 1 aromatic rings. The molecule has 6 heteroatoms. The Labute approximate surface area is 131 Å². The lowest BCUT2D eigenvalue weighted by atomic mass is 9.93. The second-order valence-electron chi connectivity index (χ2n) is 6.49. The van der Waals surface area contributed by atoms with E-state index in [1.165, 1.54) is 18.5 Å². The molecule has 2 saturated heterocycles. The zero-order valence-corrected chi connectivity index (χ0v) is 13.3. The predicted molar refractivity (Wildman–Crippen MR) is 83.6 cm³/mol. The number of ether oxygens (including phenoxy) is 1. The summed E-state index contributed by atoms with van der Waals surface area (Å²) in [6.07, 6.45) is 4.89. The first-order chi connectivity index (χ1) is 10.8. The first-order valence-electron chi connectivity index (χ1n) is 8.24. The van der Waals surface area contributed by atoms with Gasteiger partial charge in [-0.3, -0.25) is 9.89 Å². The third kappa shape index (κ3) is 3.67. The van der Waals surface area contributed by atoms with E-state index in [9.17, 15) is 4.79 Å². The first kappa shape index (κ1) is 15.5. The summed E-state index contributed by atoms with van der Waals surface area (Å²) < 4.78 is 5.07. The summed E-state index contributed by atoms with van der Waals surface area (Å²) in [6, 6.07) is 2.09. The number of aromatic nitrogens is 2. The minimum absolute atomic E-state index is 0.286. The molecule has 2 aliphatic heterocycles. The van der Waals surface area contributed by atoms with Gasteiger partial charge in [-0.2, -0.15) is 5.10 Å². The lowest BCUT2D eigenvalue weighted by Gasteiger charge is -2.32. The fourth-order valence-corrected chi connectivity index (χ4v) is 3.68. The Kier molecular flexibility index (Phi) is 5.10. The SMILES string of the molecule is COCCN1C[C@H](CN2CCC(c3ccn[nH]3)CC2)CC1=O. The number of nitrogens with one attached hydrogen (secondary N) is 1. The Balaban J connectivity index is 1.42. The summed E-state index contributed by atoms with van der Waals surface area (Å²) in [4.78, 5) is 16.4. The van der Waals surface area contributed by atoms with Crippen molar-refractivity contribution in [2.45, 2.75) is 25.2 Å². The average Bonchev–Trinajstić information content (AvgIpc) is 3.16. The maximum atomic E-state index is 12.0. The van der Waals surface area contributed by atoms with Gasteiger partial charge in [-0.1, -0.05) is 0 Å². The highest BCUT2D eigenvalue weighted by atomic mass is 16.5. The van der Waals surface area contributed by atoms with E-state index in [0.717, 1.165) is 32.7 Å². The van der Waals surface area contributed by atoms with Gasteiger partial charge in [0.25, 0.3) is 0 Å². The molecule has 0 saturated carbocycles. The molecule has 6 nitrogen and oxygen atoms in total. The van der Waals surface area contributed by atoms with Gasteiger partial charge in [0.1, 0.15) is 0 Å². The van der Waals surface area contributed by atoms with Gasteiger partial charge in [0.15, 0.2) is 0 Å². The molecule has 1 N–H and O–H groups in total. The number of hydrogen-bond donors (Lipinski definition) is 1. The molecule has 0 aromatic carbocycles. The third-order valence-electron chi connectivity index (χ3n) is 4.93. The van der Waals surface area contributed by atoms with Crippen LogP contribution in [0, 0.1) is 5.92 Å². The number of hydrogen-bond acceptors (Lipinski definition) is 4. The highest BCUT2D eigenvalue weighted by molar-refractivity contribution is 5.78. The number of rotatable bonds is 6. The summed E-state index contributed by atoms with van der Waals surface area (Å²) in [7, 11) is 1.68. The van der Waals surface area contributed by atoms with Gasteiger partial charge >= 0.3 is 0 Å². The molecule has 0 aliphatic carbocycles. The zero-order chi connectivity index (χ0) is 15.4. The number of methoxy groups -OCH3 is 1. The monoisotopic (exact) mass is 306 g/mol. The second kappa shape index (κ2) is 7.24. The number of nitrogens with zero attached hydrogens (tertiary/aromatic N) is 3. The summed E-state index contributed by atoms with van der Waals surface area (Å²) >= 11 is 0. The Morgan fingerprint density at radius 2 is 2.23 bits per heavy atom. The van der Waals surface area contributed by atoms with Crippen LogP contribution in [0.2, 0.25) is 0 Å². The van der Waals surface area contributed by atoms with Crippen molar-refractivity contribution in [3.05, 3.63) is 18.0 Å². The summed E-state index contributed by atoms with van der Waals surface area (Å²) in [5.41, 5.74) is 1.27. The van der Waals surface area contributed by atoms with Crippen LogP contribution in [-0.4, -0.2) is 72.3 Å². The van der Waals surface area contributed by atoms with Gasteiger partial charge in [-0.25, -0.2) is 0 Å². The van der Waals surface area contributed by atoms with Gasteiger partial charge < -0.3 is 14.5 Å². The molecule has 2 fully saturated rings. The van der Waals surface area contributed by atoms with Crippen molar-refractivity contribution in [3.8, 4) is 0 Å². The Hall–Kier alpha value is -1.40. The van der Waals surface area contributed by atoms with Gasteiger partial charge in [0.05, 0.1) is 6.61 Å². The van der Waals surface area contributed by atoms with Crippen LogP contribution in [0.5, 0.6) is 0 Å². The highest BCUT2D eigenvalue weighted by Gasteiger charge is 2.31. The van der Waals surface area contributed by atoms with Gasteiger partial charge in [-0.15, -0.1) is 0 Å². The van der Waals surface area contributed by atoms with E-state index >= 15 is 0 Å². The first-order valence-corrected chi connectivity index (χ1v) is 8.24. The van der Waals surface area contributed by atoms with E-state index in [4.69, 9.17) is 4.74 Å². The maximum Gasteiger partial charge on any atom is 0.223 e. The Morgan fingerprint density at radius 3 is 2.91 bits per heavy atom. The smallest absolute Gasteiger partial charge is 0.223 e. The summed E-state index contributed by atoms with van der Waals surface area (Å²) in [5, 5.41) is 7.14. The average molecular weight is 306 g/mol. The fraction of sp³-hybridized carbons (Fsp3) is 0.750. The van der Waals surface area contributed by atoms with Crippen LogP contribution in [0.25, 0.3) is 0 Å². The highest BCUT2D eigenvalue weighted by Crippen LogP contribution is 2.28. The quantitative estimate of drug-likeness (QED) is 0.854. The number of likely N-dealkylation sites (tertiary alicyclic amines) is 2. The molecule has 0 radical (unpaired) electrons. The van der Waals surface area contributed by atoms with Crippen LogP contribution >= 0.6 is 0 Å². The van der Waals surface area contributed by atoms with Gasteiger partial charge in [-0.05, 0) is 37.9 Å². The van der Waals surface area contributed by atoms with Crippen molar-refractivity contribution in [3.63, 3.8) is 0 Å². The van der Waals surface area contributed by atoms with Crippen LogP contribution in [0.15, 0.2) is 12.3 Å². The van der Waals surface area contributed by atoms with E-state index in [1.54, 1.807) is 7.11 Å². The number of H-pyrrole nitrogens is 1. The van der Waals surface area contributed by atoms with E-state index < -0.39 is 0 Å². The van der Waals surface area contributed by atoms with E-state index in [0.29, 0.717) is 24.9 Å². The third-order valence-corrected chi connectivity index (χ3v) is 4.93. The maximum absolute atomic E-state index is 12.0. The predicted octanol–water partition coefficient (Wildman–Crippen LogP) is 1.08. The molecule has 2 aliphatic rings. The Morgan fingerprint density at radius 1 is 1.41 bits per heavy atom. The van der Waals surface area contributed by atoms with Crippen LogP contribution in [0.1, 0.15) is 30.9 Å². The molecular formula is C16H26N4O2. The van der Waals surface area contributed by atoms with E-state index in [2.05, 4.69) is 21.2 Å². The molecule has 1 atom stereocenters. The second-order valence-corrected chi connectivity index (χ2v) is 6.49. The molecule has 3 rings (SSSR count). The zero-order valence-electron chi connectivity index (χ0n) is 13.3. The van der Waals surface area contributed by atoms with E-state index in [1.807, 2.05) is 11.1 Å². The van der Waals surface area contributed by atoms with Crippen molar-refractivity contribution in [1.29, 1.82) is 0 Å². The molecule has 1 amide bonds. The molecule has 3 heterocycles. The van der Waals surface area contributed by atoms with Crippen LogP contribution in [0.4, 0.5) is 0 Å². The minimum atomic E-state index is 0.286. The molecule has 0 spiro atoms. The molecule has 122 valence electrons. The normalized spacial score (nSPS) is 24.3. The molecule has 0 unspecified atom stereocenters. The standard InChI is InChI=1S/C16H26N4O2/c1-22-9-8-20-12-13(10-16(20)21)11-19-6-3-14(4-7-19)15-2-5-17-18-15/h2,5,13-14H,3-4,6-12H2,1H3,(H,17,18)/t13-/m0/s1. The number of amides is 1. The molecule has 0 bridgehead atoms. The fourth-order valence-electron chi connectivity index (χ4n) is 3.68. The van der Waals surface area contributed by atoms with Crippen molar-refractivity contribution in [2.24, 2.45) is 5.92 Å². The Bertz CT molecular complexity index is 469. The van der Waals surface area contributed by atoms with Crippen LogP contribution in [-0.2, 0) is 9.53 Å². The van der Waals surface area contributed by atoms with Gasteiger partial charge in [0, 0.05) is 51.0 Å². The molecule has 1 aromatic heterocycles. The lowest BCUT2D eigenvalue weighted by molar-refractivity contribution is -0.128. The van der Waals surface area contributed by atoms with Crippen LogP contribution in [0.3, 0.4) is 0 Å². The number of aromatic amines is 1. The number of carbonyl (C=O) groups is 1. The van der Waals surface area contributed by atoms with Crippen molar-refractivity contribution < 1.29 is 9.53 Å². The van der Waals surface area contributed by atoms with Crippen molar-refractivity contribution >= 4 is 5.91 Å². The van der Waals surface area contributed by atoms with E-state index in [-0.39, 0.29) is 5.91 Å². The van der Waals surface area contributed by atoms with Gasteiger partial charge in [0.2, 0.25) is 5.91 Å². The molecular weight excluding hydrogens is 280 g/mol. The summed E-state index contributed by atoms with van der Waals surface area (Å²) in [5.74, 6) is 1.38. The van der Waals surface area contributed by atoms with Crippen molar-refractivity contribution in [2.75, 3.05) is 46.4 Å². The number of piperidine rings is 1. The number of carbonyl (C=O) groups excluding carboxylic acids is 1.